The Hall–Kier alpha value is -2.97. The van der Waals surface area contributed by atoms with Crippen LogP contribution in [0.5, 0.6) is 0 Å². The number of carbonyl (C=O) groups excluding carboxylic acids is 2. The average Bonchev–Trinajstić information content (AvgIpc) is 3.35. The first kappa shape index (κ1) is 18.4. The summed E-state index contributed by atoms with van der Waals surface area (Å²) in [7, 11) is 0. The molecule has 1 atom stereocenters. The van der Waals surface area contributed by atoms with Crippen LogP contribution in [0, 0.1) is 17.0 Å². The van der Waals surface area contributed by atoms with Crippen LogP contribution in [0.4, 0.5) is 10.5 Å². The number of nitrogens with zero attached hydrogens (tertiary/aromatic N) is 2. The highest BCUT2D eigenvalue weighted by Crippen LogP contribution is 2.31. The van der Waals surface area contributed by atoms with Gasteiger partial charge in [-0.05, 0) is 25.3 Å². The van der Waals surface area contributed by atoms with E-state index in [0.717, 1.165) is 12.8 Å². The second-order valence-corrected chi connectivity index (χ2v) is 5.96. The maximum absolute atomic E-state index is 13.0. The van der Waals surface area contributed by atoms with Gasteiger partial charge in [-0.2, -0.15) is 0 Å². The third kappa shape index (κ3) is 4.52. The molecule has 134 valence electrons. The predicted octanol–water partition coefficient (Wildman–Crippen LogP) is 1.73. The molecule has 0 aromatic heterocycles. The number of carbonyl (C=O) groups is 3. The Labute approximate surface area is 143 Å². The summed E-state index contributed by atoms with van der Waals surface area (Å²) >= 11 is 0. The lowest BCUT2D eigenvalue weighted by Gasteiger charge is -2.27. The number of aldehydes is 1. The van der Waals surface area contributed by atoms with Crippen LogP contribution in [-0.2, 0) is 4.79 Å². The molecule has 9 nitrogen and oxygen atoms in total. The first-order valence-electron chi connectivity index (χ1n) is 7.83. The Morgan fingerprint density at radius 1 is 1.48 bits per heavy atom. The number of nitro groups is 1. The van der Waals surface area contributed by atoms with E-state index in [1.807, 2.05) is 0 Å². The molecule has 0 saturated heterocycles. The Kier molecular flexibility index (Phi) is 5.68. The SMILES string of the molecule is Cc1cccc([N+](=O)[O-])c1C(=O)N(CC(CC=O)NC(=O)O)C1CC1. The van der Waals surface area contributed by atoms with Crippen molar-refractivity contribution in [2.45, 2.75) is 38.3 Å². The van der Waals surface area contributed by atoms with Gasteiger partial charge in [-0.1, -0.05) is 12.1 Å². The molecule has 1 unspecified atom stereocenters. The number of aryl methyl sites for hydroxylation is 1. The van der Waals surface area contributed by atoms with E-state index in [1.54, 1.807) is 13.0 Å². The number of nitrogens with one attached hydrogen (secondary N) is 1. The highest BCUT2D eigenvalue weighted by atomic mass is 16.6. The molecule has 0 radical (unpaired) electrons. The van der Waals surface area contributed by atoms with Crippen molar-refractivity contribution >= 4 is 24.0 Å². The summed E-state index contributed by atoms with van der Waals surface area (Å²) in [4.78, 5) is 46.7. The van der Waals surface area contributed by atoms with Crippen molar-refractivity contribution in [1.29, 1.82) is 0 Å². The number of nitro benzene ring substituents is 1. The van der Waals surface area contributed by atoms with Crippen molar-refractivity contribution in [3.05, 3.63) is 39.4 Å². The topological polar surface area (TPSA) is 130 Å². The van der Waals surface area contributed by atoms with Crippen LogP contribution in [0.1, 0.15) is 35.2 Å². The van der Waals surface area contributed by atoms with E-state index in [-0.39, 0.29) is 30.3 Å². The summed E-state index contributed by atoms with van der Waals surface area (Å²) in [6, 6.07) is 3.53. The number of hydrogen-bond acceptors (Lipinski definition) is 5. The van der Waals surface area contributed by atoms with Gasteiger partial charge in [0.15, 0.2) is 0 Å². The molecular weight excluding hydrogens is 330 g/mol. The highest BCUT2D eigenvalue weighted by molar-refractivity contribution is 6.00. The Morgan fingerprint density at radius 3 is 2.68 bits per heavy atom. The Morgan fingerprint density at radius 2 is 2.16 bits per heavy atom. The molecule has 1 saturated carbocycles. The van der Waals surface area contributed by atoms with Crippen molar-refractivity contribution in [1.82, 2.24) is 10.2 Å². The summed E-state index contributed by atoms with van der Waals surface area (Å²) in [5.41, 5.74) is 0.191. The van der Waals surface area contributed by atoms with E-state index in [1.165, 1.54) is 17.0 Å². The smallest absolute Gasteiger partial charge is 0.404 e. The second kappa shape index (κ2) is 7.73. The van der Waals surface area contributed by atoms with Crippen molar-refractivity contribution in [2.24, 2.45) is 0 Å². The van der Waals surface area contributed by atoms with Crippen LogP contribution in [-0.4, -0.2) is 51.8 Å². The molecule has 1 aliphatic rings. The Balaban J connectivity index is 2.31. The van der Waals surface area contributed by atoms with Gasteiger partial charge in [0.05, 0.1) is 11.0 Å². The Bertz CT molecular complexity index is 701. The molecule has 1 aromatic carbocycles. The normalized spacial score (nSPS) is 14.4. The molecule has 0 bridgehead atoms. The molecule has 0 aliphatic heterocycles. The number of hydrogen-bond donors (Lipinski definition) is 2. The molecular formula is C16H19N3O6. The van der Waals surface area contributed by atoms with E-state index in [4.69, 9.17) is 5.11 Å². The van der Waals surface area contributed by atoms with Crippen molar-refractivity contribution in [3.63, 3.8) is 0 Å². The largest absolute Gasteiger partial charge is 0.465 e. The van der Waals surface area contributed by atoms with E-state index >= 15 is 0 Å². The van der Waals surface area contributed by atoms with Crippen LogP contribution in [0.25, 0.3) is 0 Å². The third-order valence-electron chi connectivity index (χ3n) is 4.04. The summed E-state index contributed by atoms with van der Waals surface area (Å²) in [6.07, 6.45) is 0.681. The fraction of sp³-hybridized carbons (Fsp3) is 0.438. The van der Waals surface area contributed by atoms with Gasteiger partial charge in [-0.15, -0.1) is 0 Å². The molecule has 9 heteroatoms. The average molecular weight is 349 g/mol. The van der Waals surface area contributed by atoms with Crippen LogP contribution < -0.4 is 5.32 Å². The van der Waals surface area contributed by atoms with Crippen LogP contribution in [0.2, 0.25) is 0 Å². The van der Waals surface area contributed by atoms with E-state index in [9.17, 15) is 24.5 Å². The fourth-order valence-corrected chi connectivity index (χ4v) is 2.72. The van der Waals surface area contributed by atoms with Gasteiger partial charge < -0.3 is 20.1 Å². The molecule has 1 aliphatic carbocycles. The van der Waals surface area contributed by atoms with E-state index in [0.29, 0.717) is 11.8 Å². The molecule has 1 fully saturated rings. The minimum Gasteiger partial charge on any atom is -0.465 e. The monoisotopic (exact) mass is 349 g/mol. The van der Waals surface area contributed by atoms with Gasteiger partial charge in [0, 0.05) is 25.1 Å². The first-order valence-corrected chi connectivity index (χ1v) is 7.83. The van der Waals surface area contributed by atoms with E-state index < -0.39 is 23.0 Å². The number of rotatable bonds is 8. The quantitative estimate of drug-likeness (QED) is 0.417. The predicted molar refractivity (Wildman–Crippen MR) is 87.5 cm³/mol. The first-order chi connectivity index (χ1) is 11.8. The summed E-state index contributed by atoms with van der Waals surface area (Å²) in [5.74, 6) is -0.518. The van der Waals surface area contributed by atoms with Crippen molar-refractivity contribution in [2.75, 3.05) is 6.54 Å². The molecule has 2 rings (SSSR count). The van der Waals surface area contributed by atoms with Gasteiger partial charge in [-0.25, -0.2) is 4.79 Å². The van der Waals surface area contributed by atoms with Gasteiger partial charge in [0.1, 0.15) is 11.8 Å². The second-order valence-electron chi connectivity index (χ2n) is 5.96. The molecule has 0 heterocycles. The molecule has 2 amide bonds. The number of carboxylic acid groups (broad SMARTS) is 1. The summed E-state index contributed by atoms with van der Waals surface area (Å²) < 4.78 is 0. The highest BCUT2D eigenvalue weighted by Gasteiger charge is 2.37. The lowest BCUT2D eigenvalue weighted by molar-refractivity contribution is -0.385. The van der Waals surface area contributed by atoms with Crippen molar-refractivity contribution < 1.29 is 24.4 Å². The zero-order valence-electron chi connectivity index (χ0n) is 13.7. The van der Waals surface area contributed by atoms with Crippen LogP contribution >= 0.6 is 0 Å². The third-order valence-corrected chi connectivity index (χ3v) is 4.04. The summed E-state index contributed by atoms with van der Waals surface area (Å²) in [6.45, 7) is 1.60. The minimum atomic E-state index is -1.29. The minimum absolute atomic E-state index is 0.000391. The zero-order valence-corrected chi connectivity index (χ0v) is 13.7. The standard InChI is InChI=1S/C16H19N3O6/c1-10-3-2-4-13(19(24)25)14(10)15(21)18(12-5-6-12)9-11(7-8-20)17-16(22)23/h2-4,8,11-12,17H,5-7,9H2,1H3,(H,22,23). The molecule has 25 heavy (non-hydrogen) atoms. The van der Waals surface area contributed by atoms with Gasteiger partial charge in [0.25, 0.3) is 11.6 Å². The number of amides is 2. The van der Waals surface area contributed by atoms with Gasteiger partial charge in [-0.3, -0.25) is 14.9 Å². The van der Waals surface area contributed by atoms with Gasteiger partial charge >= 0.3 is 6.09 Å². The van der Waals surface area contributed by atoms with E-state index in [2.05, 4.69) is 5.32 Å². The van der Waals surface area contributed by atoms with Gasteiger partial charge in [0.2, 0.25) is 0 Å². The number of benzene rings is 1. The molecule has 2 N–H and O–H groups in total. The lowest BCUT2D eigenvalue weighted by Crippen LogP contribution is -2.46. The zero-order chi connectivity index (χ0) is 18.6. The maximum atomic E-state index is 13.0. The fourth-order valence-electron chi connectivity index (χ4n) is 2.72. The van der Waals surface area contributed by atoms with Crippen molar-refractivity contribution in [3.8, 4) is 0 Å². The molecule has 0 spiro atoms. The lowest BCUT2D eigenvalue weighted by atomic mass is 10.0. The van der Waals surface area contributed by atoms with Crippen LogP contribution in [0.15, 0.2) is 18.2 Å². The summed E-state index contributed by atoms with van der Waals surface area (Å²) in [5, 5.41) is 22.3. The van der Waals surface area contributed by atoms with Crippen LogP contribution in [0.3, 0.4) is 0 Å². The molecule has 1 aromatic rings. The maximum Gasteiger partial charge on any atom is 0.404 e.